The number of imidazole rings is 1. The Morgan fingerprint density at radius 2 is 1.44 bits per heavy atom. The molecule has 4 aromatic rings. The predicted octanol–water partition coefficient (Wildman–Crippen LogP) is 4.14. The molecule has 0 fully saturated rings. The molecule has 4 rings (SSSR count). The molecule has 3 aromatic carbocycles. The number of aromatic nitrogens is 2. The van der Waals surface area contributed by atoms with Crippen molar-refractivity contribution in [3.63, 3.8) is 0 Å². The van der Waals surface area contributed by atoms with Crippen molar-refractivity contribution < 1.29 is 55.1 Å². The van der Waals surface area contributed by atoms with Crippen LogP contribution in [0.3, 0.4) is 0 Å². The van der Waals surface area contributed by atoms with Crippen LogP contribution in [0, 0.1) is 0 Å². The molecule has 200 valence electrons. The number of methoxy groups -OCH3 is 2. The zero-order valence-corrected chi connectivity index (χ0v) is 24.9. The summed E-state index contributed by atoms with van der Waals surface area (Å²) in [4.78, 5) is 15.7. The van der Waals surface area contributed by atoms with E-state index < -0.39 is 5.97 Å². The largest absolute Gasteiger partial charge is 1.00 e. The Morgan fingerprint density at radius 3 is 2.08 bits per heavy atom. The Bertz CT molecular complexity index is 1330. The monoisotopic (exact) mass is 538 g/mol. The number of benzene rings is 3. The molecule has 0 unspecified atom stereocenters. The van der Waals surface area contributed by atoms with E-state index in [-0.39, 0.29) is 37.4 Å². The number of ether oxygens (including phenoxy) is 3. The number of carboxylic acid groups (broad SMARTS) is 1. The topological polar surface area (TPSA) is 82.8 Å². The summed E-state index contributed by atoms with van der Waals surface area (Å²) in [6.07, 6.45) is 4.64. The van der Waals surface area contributed by atoms with Gasteiger partial charge in [0.2, 0.25) is 0 Å². The molecule has 0 saturated heterocycles. The fourth-order valence-corrected chi connectivity index (χ4v) is 4.43. The number of rotatable bonds is 14. The molecule has 0 aliphatic carbocycles. The van der Waals surface area contributed by atoms with Crippen LogP contribution in [0.4, 0.5) is 0 Å². The summed E-state index contributed by atoms with van der Waals surface area (Å²) in [5, 5.41) is 8.81. The number of aliphatic carboxylic acids is 1. The minimum absolute atomic E-state index is 0. The van der Waals surface area contributed by atoms with Gasteiger partial charge in [0.15, 0.2) is 11.5 Å². The van der Waals surface area contributed by atoms with E-state index in [4.69, 9.17) is 24.3 Å². The van der Waals surface area contributed by atoms with Crippen molar-refractivity contribution in [2.24, 2.45) is 0 Å². The maximum Gasteiger partial charge on any atom is 1.00 e. The zero-order chi connectivity index (χ0) is 26.7. The van der Waals surface area contributed by atoms with Crippen molar-refractivity contribution in [2.75, 3.05) is 20.8 Å². The molecule has 0 bridgehead atoms. The van der Waals surface area contributed by atoms with Gasteiger partial charge in [0, 0.05) is 23.6 Å². The van der Waals surface area contributed by atoms with E-state index in [1.54, 1.807) is 14.2 Å². The Labute approximate surface area is 253 Å². The summed E-state index contributed by atoms with van der Waals surface area (Å²) in [7, 11) is 3.24. The Hall–Kier alpha value is -3.26. The fraction of sp³-hybridized carbons (Fsp3) is 0.290. The van der Waals surface area contributed by atoms with E-state index in [2.05, 4.69) is 24.3 Å². The second kappa shape index (κ2) is 15.4. The van der Waals surface area contributed by atoms with Crippen LogP contribution in [0.2, 0.25) is 0 Å². The van der Waals surface area contributed by atoms with E-state index >= 15 is 0 Å². The van der Waals surface area contributed by atoms with Crippen LogP contribution >= 0.6 is 0 Å². The van der Waals surface area contributed by atoms with E-state index in [1.165, 1.54) is 0 Å². The maximum atomic E-state index is 10.7. The van der Waals surface area contributed by atoms with Crippen molar-refractivity contribution in [3.05, 3.63) is 78.9 Å². The standard InChI is InChI=1S/C31H34N2O5.Na.H/c1-36-26-20-19-25(22-27(26)37-2)33-30(24-16-10-7-11-17-24)29(23-14-8-6-9-15-23)32-31(33)38-21-13-5-3-4-12-18-28(34)35;;/h6-11,14-17,19-20,22H,3-5,12-13,18,21H2,1-2H3,(H,34,35);;/q;+1;-1. The van der Waals surface area contributed by atoms with Gasteiger partial charge in [-0.2, -0.15) is 4.98 Å². The van der Waals surface area contributed by atoms with E-state index in [1.807, 2.05) is 59.2 Å². The second-order valence-corrected chi connectivity index (χ2v) is 8.96. The first-order chi connectivity index (χ1) is 18.6. The normalized spacial score (nSPS) is 10.5. The SMILES string of the molecule is COc1ccc(-n2c(OCCCCCCCC(=O)O)nc(-c3ccccc3)c2-c2ccccc2)cc1OC.[H-].[Na+]. The Morgan fingerprint density at radius 1 is 0.821 bits per heavy atom. The van der Waals surface area contributed by atoms with Gasteiger partial charge in [-0.15, -0.1) is 0 Å². The van der Waals surface area contributed by atoms with Crippen LogP contribution in [0.5, 0.6) is 17.5 Å². The first-order valence-electron chi connectivity index (χ1n) is 12.9. The van der Waals surface area contributed by atoms with Gasteiger partial charge in [0.05, 0.1) is 32.2 Å². The summed E-state index contributed by atoms with van der Waals surface area (Å²) < 4.78 is 19.4. The first kappa shape index (κ1) is 30.3. The maximum absolute atomic E-state index is 10.7. The number of carbonyl (C=O) groups is 1. The van der Waals surface area contributed by atoms with Gasteiger partial charge in [0.25, 0.3) is 0 Å². The van der Waals surface area contributed by atoms with E-state index in [0.29, 0.717) is 30.5 Å². The van der Waals surface area contributed by atoms with Gasteiger partial charge in [-0.3, -0.25) is 9.36 Å². The molecule has 0 amide bonds. The third-order valence-corrected chi connectivity index (χ3v) is 6.33. The summed E-state index contributed by atoms with van der Waals surface area (Å²) in [5.74, 6) is 0.524. The van der Waals surface area contributed by atoms with Gasteiger partial charge in [0.1, 0.15) is 5.69 Å². The number of hydrogen-bond acceptors (Lipinski definition) is 5. The zero-order valence-electron chi connectivity index (χ0n) is 23.9. The van der Waals surface area contributed by atoms with Crippen LogP contribution in [0.25, 0.3) is 28.2 Å². The number of unbranched alkanes of at least 4 members (excludes halogenated alkanes) is 4. The quantitative estimate of drug-likeness (QED) is 0.192. The number of nitrogens with zero attached hydrogens (tertiary/aromatic N) is 2. The number of carboxylic acids is 1. The molecular formula is C31H35N2NaO5. The third-order valence-electron chi connectivity index (χ3n) is 6.33. The summed E-state index contributed by atoms with van der Waals surface area (Å²) in [5.41, 5.74) is 4.61. The molecule has 1 heterocycles. The fourth-order valence-electron chi connectivity index (χ4n) is 4.43. The predicted molar refractivity (Wildman–Crippen MR) is 149 cm³/mol. The molecule has 1 aromatic heterocycles. The van der Waals surface area contributed by atoms with Crippen LogP contribution in [0.1, 0.15) is 40.0 Å². The minimum atomic E-state index is -0.737. The molecule has 39 heavy (non-hydrogen) atoms. The van der Waals surface area contributed by atoms with E-state index in [0.717, 1.165) is 53.9 Å². The van der Waals surface area contributed by atoms with Crippen molar-refractivity contribution >= 4 is 5.97 Å². The Balaban J connectivity index is 0.00000280. The molecule has 8 heteroatoms. The smallest absolute Gasteiger partial charge is 1.00 e. The average Bonchev–Trinajstić information content (AvgIpc) is 3.34. The van der Waals surface area contributed by atoms with Gasteiger partial charge < -0.3 is 20.7 Å². The molecule has 0 aliphatic heterocycles. The molecule has 0 aliphatic rings. The van der Waals surface area contributed by atoms with Crippen LogP contribution in [0.15, 0.2) is 78.9 Å². The summed E-state index contributed by atoms with van der Waals surface area (Å²) in [6, 6.07) is 26.5. The second-order valence-electron chi connectivity index (χ2n) is 8.96. The van der Waals surface area contributed by atoms with Crippen molar-refractivity contribution in [3.8, 4) is 45.7 Å². The van der Waals surface area contributed by atoms with Gasteiger partial charge in [-0.25, -0.2) is 0 Å². The van der Waals surface area contributed by atoms with Crippen molar-refractivity contribution in [1.82, 2.24) is 9.55 Å². The van der Waals surface area contributed by atoms with Crippen LogP contribution < -0.4 is 43.8 Å². The average molecular weight is 539 g/mol. The van der Waals surface area contributed by atoms with E-state index in [9.17, 15) is 4.79 Å². The van der Waals surface area contributed by atoms with Crippen LogP contribution in [-0.2, 0) is 4.79 Å². The molecule has 0 radical (unpaired) electrons. The molecule has 1 N–H and O–H groups in total. The van der Waals surface area contributed by atoms with Gasteiger partial charge in [-0.05, 0) is 25.0 Å². The molecule has 0 spiro atoms. The summed E-state index contributed by atoms with van der Waals surface area (Å²) in [6.45, 7) is 0.506. The molecule has 0 saturated carbocycles. The molecule has 0 atom stereocenters. The van der Waals surface area contributed by atoms with Crippen molar-refractivity contribution in [1.29, 1.82) is 0 Å². The van der Waals surface area contributed by atoms with Crippen molar-refractivity contribution in [2.45, 2.75) is 38.5 Å². The van der Waals surface area contributed by atoms with Crippen LogP contribution in [-0.4, -0.2) is 41.5 Å². The first-order valence-corrected chi connectivity index (χ1v) is 12.9. The third kappa shape index (κ3) is 7.88. The minimum Gasteiger partial charge on any atom is -1.00 e. The Kier molecular flexibility index (Phi) is 11.9. The molecular weight excluding hydrogens is 503 g/mol. The van der Waals surface area contributed by atoms with Gasteiger partial charge in [-0.1, -0.05) is 79.9 Å². The molecule has 7 nitrogen and oxygen atoms in total. The summed E-state index contributed by atoms with van der Waals surface area (Å²) >= 11 is 0. The van der Waals surface area contributed by atoms with Gasteiger partial charge >= 0.3 is 41.5 Å². The number of hydrogen-bond donors (Lipinski definition) is 1.